The van der Waals surface area contributed by atoms with E-state index in [0.29, 0.717) is 31.8 Å². The Hall–Kier alpha value is -1.35. The molecule has 3 heteroatoms. The second-order valence-electron chi connectivity index (χ2n) is 4.29. The Morgan fingerprint density at radius 3 is 2.71 bits per heavy atom. The van der Waals surface area contributed by atoms with Crippen LogP contribution in [0.1, 0.15) is 25.7 Å². The quantitative estimate of drug-likeness (QED) is 0.710. The van der Waals surface area contributed by atoms with E-state index in [9.17, 15) is 4.79 Å². The van der Waals surface area contributed by atoms with Crippen molar-refractivity contribution in [2.45, 2.75) is 31.8 Å². The summed E-state index contributed by atoms with van der Waals surface area (Å²) in [6.45, 7) is 1.33. The molecule has 1 aliphatic carbocycles. The van der Waals surface area contributed by atoms with Crippen LogP contribution in [0.4, 0.5) is 0 Å². The third-order valence-corrected chi connectivity index (χ3v) is 2.85. The predicted octanol–water partition coefficient (Wildman–Crippen LogP) is 2.59. The molecule has 0 aromatic heterocycles. The van der Waals surface area contributed by atoms with Gasteiger partial charge in [-0.15, -0.1) is 0 Å². The second-order valence-corrected chi connectivity index (χ2v) is 4.29. The lowest BCUT2D eigenvalue weighted by Crippen LogP contribution is -2.11. The Bertz CT molecular complexity index is 348. The van der Waals surface area contributed by atoms with Crippen LogP contribution >= 0.6 is 0 Å². The van der Waals surface area contributed by atoms with Gasteiger partial charge in [-0.3, -0.25) is 4.79 Å². The lowest BCUT2D eigenvalue weighted by molar-refractivity contribution is -0.118. The molecule has 92 valence electrons. The van der Waals surface area contributed by atoms with Crippen LogP contribution in [0.3, 0.4) is 0 Å². The first-order chi connectivity index (χ1) is 8.34. The Labute approximate surface area is 102 Å². The number of ketones is 1. The van der Waals surface area contributed by atoms with Crippen LogP contribution in [0.2, 0.25) is 0 Å². The normalized spacial score (nSPS) is 19.5. The minimum atomic E-state index is 0.152. The van der Waals surface area contributed by atoms with Crippen molar-refractivity contribution >= 4 is 5.78 Å². The zero-order chi connectivity index (χ0) is 11.9. The van der Waals surface area contributed by atoms with Gasteiger partial charge in [-0.05, 0) is 18.6 Å². The van der Waals surface area contributed by atoms with E-state index in [0.717, 1.165) is 18.6 Å². The summed E-state index contributed by atoms with van der Waals surface area (Å²) < 4.78 is 11.2. The maximum absolute atomic E-state index is 11.0. The summed E-state index contributed by atoms with van der Waals surface area (Å²) in [6, 6.07) is 9.76. The van der Waals surface area contributed by atoms with Crippen LogP contribution in [0.5, 0.6) is 5.75 Å². The summed E-state index contributed by atoms with van der Waals surface area (Å²) in [5.74, 6) is 1.22. The number of ether oxygens (including phenoxy) is 2. The highest BCUT2D eigenvalue weighted by Crippen LogP contribution is 2.18. The van der Waals surface area contributed by atoms with Gasteiger partial charge in [-0.2, -0.15) is 0 Å². The topological polar surface area (TPSA) is 35.5 Å². The highest BCUT2D eigenvalue weighted by molar-refractivity contribution is 5.81. The summed E-state index contributed by atoms with van der Waals surface area (Å²) in [5.41, 5.74) is 0. The van der Waals surface area contributed by atoms with Crippen molar-refractivity contribution in [2.24, 2.45) is 0 Å². The number of para-hydroxylation sites is 1. The second kappa shape index (κ2) is 6.40. The molecule has 0 amide bonds. The molecule has 0 bridgehead atoms. The van der Waals surface area contributed by atoms with Crippen molar-refractivity contribution in [1.82, 2.24) is 0 Å². The molecule has 0 unspecified atom stereocenters. The number of hydrogen-bond donors (Lipinski definition) is 0. The standard InChI is InChI=1S/C14H18O3/c15-12-7-8-14(11-12)17-10-4-9-16-13-5-2-1-3-6-13/h1-3,5-6,14H,4,7-11H2/t14-/m0/s1. The Balaban J connectivity index is 1.53. The van der Waals surface area contributed by atoms with Gasteiger partial charge in [0, 0.05) is 19.3 Å². The van der Waals surface area contributed by atoms with Gasteiger partial charge < -0.3 is 9.47 Å². The van der Waals surface area contributed by atoms with Crippen LogP contribution in [-0.2, 0) is 9.53 Å². The molecule has 1 fully saturated rings. The molecule has 3 nitrogen and oxygen atoms in total. The molecule has 0 heterocycles. The Morgan fingerprint density at radius 1 is 1.18 bits per heavy atom. The average molecular weight is 234 g/mol. The lowest BCUT2D eigenvalue weighted by Gasteiger charge is -2.10. The fourth-order valence-corrected chi connectivity index (χ4v) is 1.94. The predicted molar refractivity (Wildman–Crippen MR) is 65.2 cm³/mol. The van der Waals surface area contributed by atoms with Gasteiger partial charge in [0.2, 0.25) is 0 Å². The van der Waals surface area contributed by atoms with E-state index in [2.05, 4.69) is 0 Å². The van der Waals surface area contributed by atoms with E-state index in [1.807, 2.05) is 30.3 Å². The molecule has 1 saturated carbocycles. The van der Waals surface area contributed by atoms with E-state index in [1.165, 1.54) is 0 Å². The van der Waals surface area contributed by atoms with E-state index >= 15 is 0 Å². The van der Waals surface area contributed by atoms with Crippen molar-refractivity contribution in [3.8, 4) is 5.75 Å². The van der Waals surface area contributed by atoms with Gasteiger partial charge in [0.25, 0.3) is 0 Å². The molecule has 0 saturated heterocycles. The molecule has 0 radical (unpaired) electrons. The zero-order valence-electron chi connectivity index (χ0n) is 9.93. The van der Waals surface area contributed by atoms with Crippen molar-refractivity contribution in [2.75, 3.05) is 13.2 Å². The zero-order valence-corrected chi connectivity index (χ0v) is 9.93. The first-order valence-electron chi connectivity index (χ1n) is 6.16. The van der Waals surface area contributed by atoms with Crippen molar-refractivity contribution in [3.63, 3.8) is 0 Å². The molecule has 0 aliphatic heterocycles. The highest BCUT2D eigenvalue weighted by Gasteiger charge is 2.22. The smallest absolute Gasteiger partial charge is 0.135 e. The monoisotopic (exact) mass is 234 g/mol. The number of carbonyl (C=O) groups is 1. The van der Waals surface area contributed by atoms with Gasteiger partial charge in [-0.1, -0.05) is 18.2 Å². The Morgan fingerprint density at radius 2 is 2.00 bits per heavy atom. The molecule has 17 heavy (non-hydrogen) atoms. The molecule has 2 rings (SSSR count). The Kier molecular flexibility index (Phi) is 4.56. The van der Waals surface area contributed by atoms with Crippen molar-refractivity contribution in [3.05, 3.63) is 30.3 Å². The minimum absolute atomic E-state index is 0.152. The molecule has 1 aromatic carbocycles. The molecule has 0 spiro atoms. The molecular formula is C14H18O3. The van der Waals surface area contributed by atoms with E-state index in [-0.39, 0.29) is 6.10 Å². The number of benzene rings is 1. The van der Waals surface area contributed by atoms with Crippen molar-refractivity contribution in [1.29, 1.82) is 0 Å². The average Bonchev–Trinajstić information content (AvgIpc) is 2.76. The highest BCUT2D eigenvalue weighted by atomic mass is 16.5. The summed E-state index contributed by atoms with van der Waals surface area (Å²) in [7, 11) is 0. The van der Waals surface area contributed by atoms with Crippen LogP contribution in [0, 0.1) is 0 Å². The largest absolute Gasteiger partial charge is 0.494 e. The molecule has 1 aliphatic rings. The molecule has 0 N–H and O–H groups in total. The van der Waals surface area contributed by atoms with Gasteiger partial charge in [0.05, 0.1) is 19.3 Å². The summed E-state index contributed by atoms with van der Waals surface area (Å²) in [4.78, 5) is 11.0. The van der Waals surface area contributed by atoms with Crippen LogP contribution in [0.25, 0.3) is 0 Å². The SMILES string of the molecule is O=C1CC[C@H](OCCCOc2ccccc2)C1. The van der Waals surface area contributed by atoms with Gasteiger partial charge in [-0.25, -0.2) is 0 Å². The molecule has 1 aromatic rings. The fraction of sp³-hybridized carbons (Fsp3) is 0.500. The van der Waals surface area contributed by atoms with E-state index < -0.39 is 0 Å². The number of Topliss-reactive ketones (excluding diaryl/α,β-unsaturated/α-hetero) is 1. The van der Waals surface area contributed by atoms with Crippen molar-refractivity contribution < 1.29 is 14.3 Å². The number of hydrogen-bond acceptors (Lipinski definition) is 3. The summed E-state index contributed by atoms with van der Waals surface area (Å²) in [6.07, 6.45) is 3.18. The molecular weight excluding hydrogens is 216 g/mol. The maximum atomic E-state index is 11.0. The maximum Gasteiger partial charge on any atom is 0.135 e. The first kappa shape index (κ1) is 12.1. The lowest BCUT2D eigenvalue weighted by atomic mass is 10.3. The summed E-state index contributed by atoms with van der Waals surface area (Å²) in [5, 5.41) is 0. The number of rotatable bonds is 6. The van der Waals surface area contributed by atoms with Crippen LogP contribution in [0.15, 0.2) is 30.3 Å². The van der Waals surface area contributed by atoms with Gasteiger partial charge in [0.1, 0.15) is 11.5 Å². The summed E-state index contributed by atoms with van der Waals surface area (Å²) >= 11 is 0. The van der Waals surface area contributed by atoms with Crippen LogP contribution in [-0.4, -0.2) is 25.1 Å². The fourth-order valence-electron chi connectivity index (χ4n) is 1.94. The van der Waals surface area contributed by atoms with E-state index in [1.54, 1.807) is 0 Å². The van der Waals surface area contributed by atoms with E-state index in [4.69, 9.17) is 9.47 Å². The van der Waals surface area contributed by atoms with Crippen LogP contribution < -0.4 is 4.74 Å². The third kappa shape index (κ3) is 4.19. The number of carbonyl (C=O) groups excluding carboxylic acids is 1. The van der Waals surface area contributed by atoms with Gasteiger partial charge >= 0.3 is 0 Å². The van der Waals surface area contributed by atoms with Gasteiger partial charge in [0.15, 0.2) is 0 Å². The molecule has 1 atom stereocenters. The minimum Gasteiger partial charge on any atom is -0.494 e. The first-order valence-corrected chi connectivity index (χ1v) is 6.16. The third-order valence-electron chi connectivity index (χ3n) is 2.85.